The summed E-state index contributed by atoms with van der Waals surface area (Å²) >= 11 is 0. The van der Waals surface area contributed by atoms with Gasteiger partial charge in [0.1, 0.15) is 5.82 Å². The highest BCUT2D eigenvalue weighted by Gasteiger charge is 2.41. The van der Waals surface area contributed by atoms with Crippen LogP contribution in [-0.2, 0) is 18.6 Å². The van der Waals surface area contributed by atoms with Gasteiger partial charge in [0.15, 0.2) is 5.69 Å². The van der Waals surface area contributed by atoms with Gasteiger partial charge in [-0.15, -0.1) is 0 Å². The maximum Gasteiger partial charge on any atom is 0.435 e. The van der Waals surface area contributed by atoms with E-state index in [0.717, 1.165) is 10.9 Å². The van der Waals surface area contributed by atoms with E-state index in [9.17, 15) is 22.4 Å². The zero-order valence-electron chi connectivity index (χ0n) is 14.8. The smallest absolute Gasteiger partial charge is 0.322 e. The number of alkyl halides is 3. The summed E-state index contributed by atoms with van der Waals surface area (Å²) in [5.41, 5.74) is -0.745. The first-order valence-corrected chi connectivity index (χ1v) is 8.17. The van der Waals surface area contributed by atoms with Crippen LogP contribution in [0.3, 0.4) is 0 Å². The highest BCUT2D eigenvalue weighted by Crippen LogP contribution is 2.49. The number of halogens is 4. The number of anilines is 1. The van der Waals surface area contributed by atoms with Crippen LogP contribution in [0.25, 0.3) is 0 Å². The Morgan fingerprint density at radius 1 is 1.35 bits per heavy atom. The summed E-state index contributed by atoms with van der Waals surface area (Å²) in [6, 6.07) is 2.63. The Kier molecular flexibility index (Phi) is 4.12. The number of hydrogen-bond donors (Lipinski definition) is 1. The van der Waals surface area contributed by atoms with Crippen molar-refractivity contribution in [2.45, 2.75) is 44.7 Å². The molecule has 0 fully saturated rings. The maximum absolute atomic E-state index is 14.3. The number of aromatic nitrogens is 2. The van der Waals surface area contributed by atoms with Crippen LogP contribution in [0.2, 0.25) is 0 Å². The van der Waals surface area contributed by atoms with Crippen LogP contribution in [0.15, 0.2) is 18.3 Å². The molecule has 1 heterocycles. The molecule has 0 spiro atoms. The van der Waals surface area contributed by atoms with Gasteiger partial charge in [0, 0.05) is 18.9 Å². The normalized spacial score (nSPS) is 18.7. The molecule has 0 bridgehead atoms. The first-order valence-electron chi connectivity index (χ1n) is 8.17. The van der Waals surface area contributed by atoms with E-state index in [4.69, 9.17) is 0 Å². The molecular formula is C18H19F4N3O. The SMILES string of the molecule is CC1CC(C)(C)c2c(F)ccc(NC(=O)c3cn(C)nc3C(F)(F)F)c21. The molecule has 0 saturated carbocycles. The number of benzene rings is 1. The van der Waals surface area contributed by atoms with E-state index in [0.29, 0.717) is 23.2 Å². The summed E-state index contributed by atoms with van der Waals surface area (Å²) in [6.07, 6.45) is -3.03. The van der Waals surface area contributed by atoms with E-state index in [1.807, 2.05) is 20.8 Å². The number of rotatable bonds is 2. The zero-order valence-corrected chi connectivity index (χ0v) is 14.8. The number of carbonyl (C=O) groups excluding carboxylic acids is 1. The third-order valence-corrected chi connectivity index (χ3v) is 4.77. The number of aryl methyl sites for hydroxylation is 1. The zero-order chi connectivity index (χ0) is 19.4. The van der Waals surface area contributed by atoms with E-state index in [2.05, 4.69) is 10.4 Å². The van der Waals surface area contributed by atoms with Gasteiger partial charge in [0.25, 0.3) is 5.91 Å². The fourth-order valence-electron chi connectivity index (χ4n) is 3.92. The Labute approximate surface area is 148 Å². The molecule has 26 heavy (non-hydrogen) atoms. The number of fused-ring (bicyclic) bond motifs is 1. The summed E-state index contributed by atoms with van der Waals surface area (Å²) < 4.78 is 54.6. The first-order chi connectivity index (χ1) is 11.9. The van der Waals surface area contributed by atoms with Gasteiger partial charge in [0.2, 0.25) is 0 Å². The molecule has 3 rings (SSSR count). The third kappa shape index (κ3) is 2.97. The van der Waals surface area contributed by atoms with Crippen molar-refractivity contribution in [2.75, 3.05) is 5.32 Å². The van der Waals surface area contributed by atoms with Gasteiger partial charge in [0.05, 0.1) is 5.56 Å². The molecule has 1 aromatic heterocycles. The molecule has 1 aliphatic carbocycles. The Morgan fingerprint density at radius 2 is 2.00 bits per heavy atom. The summed E-state index contributed by atoms with van der Waals surface area (Å²) in [6.45, 7) is 5.73. The van der Waals surface area contributed by atoms with Crippen molar-refractivity contribution in [2.24, 2.45) is 7.05 Å². The van der Waals surface area contributed by atoms with Crippen LogP contribution in [0.4, 0.5) is 23.2 Å². The lowest BCUT2D eigenvalue weighted by Crippen LogP contribution is -2.19. The molecule has 1 aliphatic rings. The predicted molar refractivity (Wildman–Crippen MR) is 88.6 cm³/mol. The number of carbonyl (C=O) groups is 1. The number of nitrogens with one attached hydrogen (secondary N) is 1. The van der Waals surface area contributed by atoms with Gasteiger partial charge in [-0.2, -0.15) is 18.3 Å². The lowest BCUT2D eigenvalue weighted by Gasteiger charge is -2.20. The van der Waals surface area contributed by atoms with E-state index < -0.39 is 28.8 Å². The maximum atomic E-state index is 14.3. The molecule has 1 aromatic carbocycles. The van der Waals surface area contributed by atoms with E-state index in [1.165, 1.54) is 19.2 Å². The Balaban J connectivity index is 2.02. The van der Waals surface area contributed by atoms with Crippen molar-refractivity contribution >= 4 is 11.6 Å². The fraction of sp³-hybridized carbons (Fsp3) is 0.444. The van der Waals surface area contributed by atoms with Crippen LogP contribution < -0.4 is 5.32 Å². The van der Waals surface area contributed by atoms with Gasteiger partial charge in [-0.25, -0.2) is 4.39 Å². The second kappa shape index (κ2) is 5.82. The van der Waals surface area contributed by atoms with Gasteiger partial charge in [-0.05, 0) is 41.0 Å². The van der Waals surface area contributed by atoms with E-state index in [1.54, 1.807) is 0 Å². The Bertz CT molecular complexity index is 883. The largest absolute Gasteiger partial charge is 0.435 e. The number of hydrogen-bond acceptors (Lipinski definition) is 2. The van der Waals surface area contributed by atoms with Gasteiger partial charge < -0.3 is 5.32 Å². The van der Waals surface area contributed by atoms with Gasteiger partial charge in [-0.1, -0.05) is 20.8 Å². The van der Waals surface area contributed by atoms with Crippen molar-refractivity contribution in [3.8, 4) is 0 Å². The molecule has 4 nitrogen and oxygen atoms in total. The molecular weight excluding hydrogens is 350 g/mol. The standard InChI is InChI=1S/C18H19F4N3O/c1-9-7-17(2,3)14-11(19)5-6-12(13(9)14)23-16(26)10-8-25(4)24-15(10)18(20,21)22/h5-6,8-9H,7H2,1-4H3,(H,23,26). The van der Waals surface area contributed by atoms with Crippen LogP contribution in [0, 0.1) is 5.82 Å². The van der Waals surface area contributed by atoms with Crippen LogP contribution in [-0.4, -0.2) is 15.7 Å². The highest BCUT2D eigenvalue weighted by molar-refractivity contribution is 6.05. The van der Waals surface area contributed by atoms with Crippen LogP contribution in [0.1, 0.15) is 60.3 Å². The molecule has 8 heteroatoms. The second-order valence-corrected chi connectivity index (χ2v) is 7.39. The fourth-order valence-corrected chi connectivity index (χ4v) is 3.92. The third-order valence-electron chi connectivity index (χ3n) is 4.77. The summed E-state index contributed by atoms with van der Waals surface area (Å²) in [7, 11) is 1.31. The van der Waals surface area contributed by atoms with Crippen molar-refractivity contribution in [3.63, 3.8) is 0 Å². The van der Waals surface area contributed by atoms with E-state index >= 15 is 0 Å². The summed E-state index contributed by atoms with van der Waals surface area (Å²) in [4.78, 5) is 12.5. The summed E-state index contributed by atoms with van der Waals surface area (Å²) in [5, 5.41) is 5.86. The van der Waals surface area contributed by atoms with Gasteiger partial charge in [-0.3, -0.25) is 9.48 Å². The molecule has 0 aliphatic heterocycles. The molecule has 0 saturated heterocycles. The first kappa shape index (κ1) is 18.4. The van der Waals surface area contributed by atoms with Crippen molar-refractivity contribution < 1.29 is 22.4 Å². The quantitative estimate of drug-likeness (QED) is 0.786. The average molecular weight is 369 g/mol. The Morgan fingerprint density at radius 3 is 2.62 bits per heavy atom. The molecule has 1 N–H and O–H groups in total. The average Bonchev–Trinajstić information content (AvgIpc) is 3.00. The monoisotopic (exact) mass is 369 g/mol. The van der Waals surface area contributed by atoms with Crippen LogP contribution >= 0.6 is 0 Å². The molecule has 1 unspecified atom stereocenters. The minimum Gasteiger partial charge on any atom is -0.322 e. The molecule has 140 valence electrons. The predicted octanol–water partition coefficient (Wildman–Crippen LogP) is 4.62. The summed E-state index contributed by atoms with van der Waals surface area (Å²) in [5.74, 6) is -1.32. The molecule has 1 atom stereocenters. The van der Waals surface area contributed by atoms with Gasteiger partial charge >= 0.3 is 6.18 Å². The van der Waals surface area contributed by atoms with Crippen LogP contribution in [0.5, 0.6) is 0 Å². The second-order valence-electron chi connectivity index (χ2n) is 7.39. The lowest BCUT2D eigenvalue weighted by atomic mass is 9.85. The van der Waals surface area contributed by atoms with Crippen molar-refractivity contribution in [1.29, 1.82) is 0 Å². The lowest BCUT2D eigenvalue weighted by molar-refractivity contribution is -0.141. The highest BCUT2D eigenvalue weighted by atomic mass is 19.4. The number of amides is 1. The van der Waals surface area contributed by atoms with E-state index in [-0.39, 0.29) is 11.7 Å². The van der Waals surface area contributed by atoms with Crippen molar-refractivity contribution in [1.82, 2.24) is 9.78 Å². The van der Waals surface area contributed by atoms with Crippen molar-refractivity contribution in [3.05, 3.63) is 46.5 Å². The minimum atomic E-state index is -4.74. The topological polar surface area (TPSA) is 46.9 Å². The molecule has 0 radical (unpaired) electrons. The minimum absolute atomic E-state index is 0.0259. The molecule has 2 aromatic rings. The molecule has 1 amide bonds. The Hall–Kier alpha value is -2.38. The number of nitrogens with zero attached hydrogens (tertiary/aromatic N) is 2.